The number of carbonyl (C=O) groups is 2. The van der Waals surface area contributed by atoms with Crippen molar-refractivity contribution in [2.24, 2.45) is 5.73 Å². The van der Waals surface area contributed by atoms with Crippen molar-refractivity contribution in [2.45, 2.75) is 19.4 Å². The maximum absolute atomic E-state index is 11.8. The van der Waals surface area contributed by atoms with Gasteiger partial charge >= 0.3 is 6.03 Å². The number of nitrogens with one attached hydrogen (secondary N) is 2. The minimum atomic E-state index is -1.15. The van der Waals surface area contributed by atoms with Crippen LogP contribution in [0.5, 0.6) is 0 Å². The lowest BCUT2D eigenvalue weighted by Crippen LogP contribution is -2.49. The zero-order chi connectivity index (χ0) is 11.9. The summed E-state index contributed by atoms with van der Waals surface area (Å²) in [6.07, 6.45) is 0. The number of amides is 3. The van der Waals surface area contributed by atoms with E-state index >= 15 is 0 Å². The first-order chi connectivity index (χ1) is 7.49. The summed E-state index contributed by atoms with van der Waals surface area (Å²) in [6.45, 7) is 3.67. The van der Waals surface area contributed by atoms with Crippen LogP contribution < -0.4 is 16.4 Å². The van der Waals surface area contributed by atoms with Crippen molar-refractivity contribution in [1.82, 2.24) is 15.6 Å². The fourth-order valence-electron chi connectivity index (χ4n) is 1.82. The van der Waals surface area contributed by atoms with Gasteiger partial charge in [-0.3, -0.25) is 10.1 Å². The molecule has 0 aromatic carbocycles. The molecule has 1 aromatic rings. The Balaban J connectivity index is 0.00000144. The Bertz CT molecular complexity index is 476. The summed E-state index contributed by atoms with van der Waals surface area (Å²) in [5, 5.41) is 5.63. The third-order valence-corrected chi connectivity index (χ3v) is 3.77. The lowest BCUT2D eigenvalue weighted by molar-refractivity contribution is -0.123. The van der Waals surface area contributed by atoms with Gasteiger partial charge in [0.2, 0.25) is 0 Å². The second kappa shape index (κ2) is 4.59. The molecule has 1 aromatic heterocycles. The van der Waals surface area contributed by atoms with Crippen LogP contribution in [0.1, 0.15) is 15.6 Å². The summed E-state index contributed by atoms with van der Waals surface area (Å²) in [6, 6.07) is -0.513. The Kier molecular flexibility index (Phi) is 3.75. The molecule has 4 N–H and O–H groups in total. The number of thiazole rings is 1. The second-order valence-electron chi connectivity index (χ2n) is 3.67. The Labute approximate surface area is 108 Å². The lowest BCUT2D eigenvalue weighted by atomic mass is 9.97. The predicted molar refractivity (Wildman–Crippen MR) is 66.2 cm³/mol. The van der Waals surface area contributed by atoms with E-state index in [9.17, 15) is 9.59 Å². The summed E-state index contributed by atoms with van der Waals surface area (Å²) in [4.78, 5) is 28.0. The highest BCUT2D eigenvalue weighted by Crippen LogP contribution is 2.31. The fourth-order valence-corrected chi connectivity index (χ4v) is 2.89. The first-order valence-electron chi connectivity index (χ1n) is 4.78. The van der Waals surface area contributed by atoms with Gasteiger partial charge in [0.05, 0.1) is 15.6 Å². The quantitative estimate of drug-likeness (QED) is 0.671. The number of hydrogen-bond acceptors (Lipinski definition) is 5. The summed E-state index contributed by atoms with van der Waals surface area (Å²) in [5.41, 5.74) is 5.22. The van der Waals surface area contributed by atoms with Crippen LogP contribution in [0, 0.1) is 13.8 Å². The van der Waals surface area contributed by atoms with E-state index < -0.39 is 17.5 Å². The molecule has 0 aliphatic carbocycles. The van der Waals surface area contributed by atoms with E-state index in [2.05, 4.69) is 15.6 Å². The summed E-state index contributed by atoms with van der Waals surface area (Å²) in [7, 11) is 0. The van der Waals surface area contributed by atoms with Crippen LogP contribution in [0.4, 0.5) is 4.79 Å². The van der Waals surface area contributed by atoms with Crippen molar-refractivity contribution < 1.29 is 9.59 Å². The number of rotatable bonds is 2. The van der Waals surface area contributed by atoms with Crippen LogP contribution in [-0.4, -0.2) is 23.5 Å². The molecule has 17 heavy (non-hydrogen) atoms. The predicted octanol–water partition coefficient (Wildman–Crippen LogP) is 0.175. The average Bonchev–Trinajstić information content (AvgIpc) is 2.67. The number of imide groups is 1. The third kappa shape index (κ3) is 2.01. The molecule has 6 nitrogen and oxygen atoms in total. The van der Waals surface area contributed by atoms with Crippen LogP contribution in [0.2, 0.25) is 0 Å². The number of nitrogens with zero attached hydrogens (tertiary/aromatic N) is 1. The van der Waals surface area contributed by atoms with E-state index in [0.717, 1.165) is 10.7 Å². The molecular weight excluding hydrogens is 264 g/mol. The van der Waals surface area contributed by atoms with Gasteiger partial charge in [0.25, 0.3) is 5.91 Å². The second-order valence-corrected chi connectivity index (χ2v) is 4.87. The van der Waals surface area contributed by atoms with E-state index in [4.69, 9.17) is 5.73 Å². The van der Waals surface area contributed by atoms with Crippen molar-refractivity contribution in [1.29, 1.82) is 0 Å². The molecule has 2 heterocycles. The van der Waals surface area contributed by atoms with E-state index in [0.29, 0.717) is 4.88 Å². The van der Waals surface area contributed by atoms with Gasteiger partial charge in [-0.2, -0.15) is 0 Å². The van der Waals surface area contributed by atoms with Gasteiger partial charge in [-0.05, 0) is 13.8 Å². The highest BCUT2D eigenvalue weighted by atomic mass is 35.5. The summed E-state index contributed by atoms with van der Waals surface area (Å²) >= 11 is 1.37. The molecule has 94 valence electrons. The number of aryl methyl sites for hydroxylation is 2. The Morgan fingerprint density at radius 3 is 2.41 bits per heavy atom. The Hall–Kier alpha value is -1.18. The maximum atomic E-state index is 11.8. The maximum Gasteiger partial charge on any atom is 0.322 e. The van der Waals surface area contributed by atoms with Crippen molar-refractivity contribution >= 4 is 35.7 Å². The Morgan fingerprint density at radius 1 is 1.41 bits per heavy atom. The molecular formula is C9H13ClN4O2S. The van der Waals surface area contributed by atoms with Crippen LogP contribution in [0.3, 0.4) is 0 Å². The molecule has 3 amide bonds. The van der Waals surface area contributed by atoms with Gasteiger partial charge in [-0.15, -0.1) is 23.7 Å². The van der Waals surface area contributed by atoms with Gasteiger partial charge < -0.3 is 11.1 Å². The van der Waals surface area contributed by atoms with Crippen molar-refractivity contribution in [2.75, 3.05) is 6.54 Å². The van der Waals surface area contributed by atoms with E-state index in [-0.39, 0.29) is 19.0 Å². The smallest absolute Gasteiger partial charge is 0.322 e. The number of halogens is 1. The average molecular weight is 277 g/mol. The number of nitrogens with two attached hydrogens (primary N) is 1. The molecule has 1 fully saturated rings. The SMILES string of the molecule is Cc1nc(C)c(C2(CN)NC(=O)NC2=O)s1.Cl. The van der Waals surface area contributed by atoms with Gasteiger partial charge in [0.15, 0.2) is 5.54 Å². The number of carbonyl (C=O) groups excluding carboxylic acids is 2. The van der Waals surface area contributed by atoms with E-state index in [1.54, 1.807) is 6.92 Å². The Morgan fingerprint density at radius 2 is 2.06 bits per heavy atom. The third-order valence-electron chi connectivity index (χ3n) is 2.54. The molecule has 1 unspecified atom stereocenters. The van der Waals surface area contributed by atoms with Crippen molar-refractivity contribution in [3.63, 3.8) is 0 Å². The van der Waals surface area contributed by atoms with Crippen LogP contribution in [0.25, 0.3) is 0 Å². The molecule has 1 saturated heterocycles. The number of urea groups is 1. The van der Waals surface area contributed by atoms with Crippen LogP contribution >= 0.6 is 23.7 Å². The first-order valence-corrected chi connectivity index (χ1v) is 5.59. The first kappa shape index (κ1) is 13.9. The van der Waals surface area contributed by atoms with Crippen LogP contribution in [-0.2, 0) is 10.3 Å². The van der Waals surface area contributed by atoms with Gasteiger partial charge in [-0.25, -0.2) is 9.78 Å². The van der Waals surface area contributed by atoms with Crippen molar-refractivity contribution in [3.05, 3.63) is 15.6 Å². The number of aromatic nitrogens is 1. The molecule has 0 saturated carbocycles. The normalized spacial score (nSPS) is 23.0. The van der Waals surface area contributed by atoms with E-state index in [1.165, 1.54) is 11.3 Å². The summed E-state index contributed by atoms with van der Waals surface area (Å²) < 4.78 is 0. The molecule has 0 radical (unpaired) electrons. The molecule has 1 aliphatic rings. The monoisotopic (exact) mass is 276 g/mol. The van der Waals surface area contributed by atoms with E-state index in [1.807, 2.05) is 6.92 Å². The highest BCUT2D eigenvalue weighted by Gasteiger charge is 2.48. The summed E-state index contributed by atoms with van der Waals surface area (Å²) in [5.74, 6) is -0.410. The molecule has 2 rings (SSSR count). The largest absolute Gasteiger partial charge is 0.327 e. The molecule has 0 spiro atoms. The fraction of sp³-hybridized carbons (Fsp3) is 0.444. The van der Waals surface area contributed by atoms with Gasteiger partial charge in [0, 0.05) is 6.54 Å². The zero-order valence-electron chi connectivity index (χ0n) is 9.36. The molecule has 0 bridgehead atoms. The molecule has 1 aliphatic heterocycles. The minimum absolute atomic E-state index is 0. The van der Waals surface area contributed by atoms with Crippen LogP contribution in [0.15, 0.2) is 0 Å². The standard InChI is InChI=1S/C9H12N4O2S.ClH/c1-4-6(16-5(2)11-4)9(3-10)7(14)12-8(15)13-9;/h3,10H2,1-2H3,(H2,12,13,14,15);1H. The van der Waals surface area contributed by atoms with Gasteiger partial charge in [-0.1, -0.05) is 0 Å². The lowest BCUT2D eigenvalue weighted by Gasteiger charge is -2.22. The zero-order valence-corrected chi connectivity index (χ0v) is 11.0. The topological polar surface area (TPSA) is 97.1 Å². The highest BCUT2D eigenvalue weighted by molar-refractivity contribution is 7.12. The van der Waals surface area contributed by atoms with Crippen molar-refractivity contribution in [3.8, 4) is 0 Å². The molecule has 8 heteroatoms. The molecule has 1 atom stereocenters. The van der Waals surface area contributed by atoms with Gasteiger partial charge in [0.1, 0.15) is 0 Å². The number of hydrogen-bond donors (Lipinski definition) is 3. The minimum Gasteiger partial charge on any atom is -0.327 e.